The van der Waals surface area contributed by atoms with E-state index in [2.05, 4.69) is 19.1 Å². The second-order valence-corrected chi connectivity index (χ2v) is 7.72. The predicted octanol–water partition coefficient (Wildman–Crippen LogP) is 2.67. The second-order valence-electron chi connectivity index (χ2n) is 6.27. The van der Waals surface area contributed by atoms with Gasteiger partial charge in [-0.3, -0.25) is 9.69 Å². The zero-order valence-corrected chi connectivity index (χ0v) is 15.9. The molecule has 0 atom stereocenters. The van der Waals surface area contributed by atoms with Gasteiger partial charge in [0.2, 0.25) is 5.91 Å². The fourth-order valence-corrected chi connectivity index (χ4v) is 3.82. The van der Waals surface area contributed by atoms with Crippen LogP contribution in [0, 0.1) is 0 Å². The SMILES string of the molecule is C[NH+](C)CCN(C(=O)Cc1ccccc1)c1nc2ccc(Cl)cc2s1. The fraction of sp³-hybridized carbons (Fsp3) is 0.263. The van der Waals surface area contributed by atoms with Gasteiger partial charge in [-0.1, -0.05) is 53.3 Å². The van der Waals surface area contributed by atoms with Gasteiger partial charge in [0.15, 0.2) is 5.13 Å². The molecule has 25 heavy (non-hydrogen) atoms. The molecule has 0 saturated carbocycles. The maximum Gasteiger partial charge on any atom is 0.233 e. The molecule has 0 fully saturated rings. The van der Waals surface area contributed by atoms with E-state index in [9.17, 15) is 4.79 Å². The number of carbonyl (C=O) groups excluding carboxylic acids is 1. The van der Waals surface area contributed by atoms with E-state index in [4.69, 9.17) is 11.6 Å². The number of benzene rings is 2. The zero-order chi connectivity index (χ0) is 17.8. The number of rotatable bonds is 6. The highest BCUT2D eigenvalue weighted by Crippen LogP contribution is 2.31. The number of anilines is 1. The lowest BCUT2D eigenvalue weighted by Gasteiger charge is -2.20. The Kier molecular flexibility index (Phi) is 5.68. The van der Waals surface area contributed by atoms with Gasteiger partial charge in [0.05, 0.1) is 43.8 Å². The van der Waals surface area contributed by atoms with Crippen LogP contribution in [0.4, 0.5) is 5.13 Å². The highest BCUT2D eigenvalue weighted by molar-refractivity contribution is 7.22. The van der Waals surface area contributed by atoms with E-state index < -0.39 is 0 Å². The van der Waals surface area contributed by atoms with Gasteiger partial charge in [-0.25, -0.2) is 4.98 Å². The van der Waals surface area contributed by atoms with E-state index in [1.165, 1.54) is 16.2 Å². The first-order chi connectivity index (χ1) is 12.0. The van der Waals surface area contributed by atoms with Crippen molar-refractivity contribution >= 4 is 44.2 Å². The van der Waals surface area contributed by atoms with Crippen molar-refractivity contribution in [3.63, 3.8) is 0 Å². The van der Waals surface area contributed by atoms with Gasteiger partial charge in [-0.05, 0) is 23.8 Å². The molecule has 0 radical (unpaired) electrons. The van der Waals surface area contributed by atoms with Gasteiger partial charge in [-0.15, -0.1) is 0 Å². The number of amides is 1. The van der Waals surface area contributed by atoms with Crippen molar-refractivity contribution in [2.75, 3.05) is 32.1 Å². The highest BCUT2D eigenvalue weighted by atomic mass is 35.5. The molecule has 2 aromatic carbocycles. The first kappa shape index (κ1) is 17.9. The highest BCUT2D eigenvalue weighted by Gasteiger charge is 2.21. The summed E-state index contributed by atoms with van der Waals surface area (Å²) in [6.45, 7) is 1.50. The van der Waals surface area contributed by atoms with Crippen LogP contribution in [0.3, 0.4) is 0 Å². The van der Waals surface area contributed by atoms with E-state index >= 15 is 0 Å². The van der Waals surface area contributed by atoms with Crippen LogP contribution >= 0.6 is 22.9 Å². The minimum atomic E-state index is 0.0672. The Morgan fingerprint density at radius 2 is 1.96 bits per heavy atom. The van der Waals surface area contributed by atoms with E-state index in [1.807, 2.05) is 48.5 Å². The lowest BCUT2D eigenvalue weighted by molar-refractivity contribution is -0.856. The first-order valence-electron chi connectivity index (χ1n) is 8.22. The van der Waals surface area contributed by atoms with E-state index in [1.54, 1.807) is 4.90 Å². The minimum Gasteiger partial charge on any atom is -0.338 e. The molecule has 1 aromatic heterocycles. The van der Waals surface area contributed by atoms with Crippen LogP contribution in [0.5, 0.6) is 0 Å². The van der Waals surface area contributed by atoms with Gasteiger partial charge in [0.1, 0.15) is 0 Å². The lowest BCUT2D eigenvalue weighted by Crippen LogP contribution is -3.06. The summed E-state index contributed by atoms with van der Waals surface area (Å²) < 4.78 is 0.997. The smallest absolute Gasteiger partial charge is 0.233 e. The van der Waals surface area contributed by atoms with Crippen LogP contribution in [-0.4, -0.2) is 38.1 Å². The van der Waals surface area contributed by atoms with Crippen molar-refractivity contribution in [2.45, 2.75) is 6.42 Å². The average Bonchev–Trinajstić information content (AvgIpc) is 2.98. The molecule has 1 heterocycles. The van der Waals surface area contributed by atoms with Crippen LogP contribution in [-0.2, 0) is 11.2 Å². The minimum absolute atomic E-state index is 0.0672. The van der Waals surface area contributed by atoms with Crippen LogP contribution in [0.1, 0.15) is 5.56 Å². The van der Waals surface area contributed by atoms with Crippen molar-refractivity contribution in [1.82, 2.24) is 4.98 Å². The summed E-state index contributed by atoms with van der Waals surface area (Å²) in [4.78, 5) is 20.7. The molecule has 0 aliphatic rings. The molecule has 0 aliphatic heterocycles. The van der Waals surface area contributed by atoms with Crippen molar-refractivity contribution in [3.8, 4) is 0 Å². The number of thiazole rings is 1. The number of fused-ring (bicyclic) bond motifs is 1. The largest absolute Gasteiger partial charge is 0.338 e. The molecule has 3 rings (SSSR count). The molecule has 4 nitrogen and oxygen atoms in total. The van der Waals surface area contributed by atoms with Gasteiger partial charge in [-0.2, -0.15) is 0 Å². The van der Waals surface area contributed by atoms with Crippen molar-refractivity contribution in [3.05, 3.63) is 59.1 Å². The molecule has 1 amide bonds. The maximum absolute atomic E-state index is 12.9. The zero-order valence-electron chi connectivity index (χ0n) is 14.3. The topological polar surface area (TPSA) is 37.6 Å². The number of halogens is 1. The molecule has 6 heteroatoms. The van der Waals surface area contributed by atoms with Gasteiger partial charge >= 0.3 is 0 Å². The van der Waals surface area contributed by atoms with Crippen molar-refractivity contribution < 1.29 is 9.69 Å². The third-order valence-electron chi connectivity index (χ3n) is 3.90. The van der Waals surface area contributed by atoms with Gasteiger partial charge in [0, 0.05) is 5.02 Å². The molecular weight excluding hydrogens is 354 g/mol. The second kappa shape index (κ2) is 7.95. The molecule has 130 valence electrons. The van der Waals surface area contributed by atoms with Crippen LogP contribution in [0.15, 0.2) is 48.5 Å². The quantitative estimate of drug-likeness (QED) is 0.720. The standard InChI is InChI=1S/C19H20ClN3OS/c1-22(2)10-11-23(18(24)12-14-6-4-3-5-7-14)19-21-16-9-8-15(20)13-17(16)25-19/h3-9,13H,10-12H2,1-2H3/p+1. The Morgan fingerprint density at radius 1 is 1.20 bits per heavy atom. The number of hydrogen-bond donors (Lipinski definition) is 1. The summed E-state index contributed by atoms with van der Waals surface area (Å²) in [5.41, 5.74) is 1.89. The monoisotopic (exact) mass is 374 g/mol. The molecule has 3 aromatic rings. The summed E-state index contributed by atoms with van der Waals surface area (Å²) in [7, 11) is 4.16. The Hall–Kier alpha value is -1.95. The Morgan fingerprint density at radius 3 is 2.68 bits per heavy atom. The number of quaternary nitrogens is 1. The molecule has 0 aliphatic carbocycles. The predicted molar refractivity (Wildman–Crippen MR) is 105 cm³/mol. The molecule has 1 N–H and O–H groups in total. The Bertz CT molecular complexity index is 863. The molecule has 0 spiro atoms. The fourth-order valence-electron chi connectivity index (χ4n) is 2.53. The average molecular weight is 375 g/mol. The Balaban J connectivity index is 1.88. The van der Waals surface area contributed by atoms with Crippen molar-refractivity contribution in [2.24, 2.45) is 0 Å². The first-order valence-corrected chi connectivity index (χ1v) is 9.42. The molecule has 0 bridgehead atoms. The Labute approximate surface area is 156 Å². The number of aromatic nitrogens is 1. The van der Waals surface area contributed by atoms with Crippen LogP contribution < -0.4 is 9.80 Å². The van der Waals surface area contributed by atoms with E-state index in [0.717, 1.165) is 27.5 Å². The third kappa shape index (κ3) is 4.57. The molecule has 0 saturated heterocycles. The summed E-state index contributed by atoms with van der Waals surface area (Å²) in [6.07, 6.45) is 0.375. The number of carbonyl (C=O) groups is 1. The van der Waals surface area contributed by atoms with E-state index in [0.29, 0.717) is 18.0 Å². The number of likely N-dealkylation sites (N-methyl/N-ethyl adjacent to an activating group) is 1. The third-order valence-corrected chi connectivity index (χ3v) is 5.18. The maximum atomic E-state index is 12.9. The lowest BCUT2D eigenvalue weighted by atomic mass is 10.1. The summed E-state index contributed by atoms with van der Waals surface area (Å²) in [5.74, 6) is 0.0672. The van der Waals surface area contributed by atoms with Gasteiger partial charge < -0.3 is 4.90 Å². The normalized spacial score (nSPS) is 11.2. The molecule has 0 unspecified atom stereocenters. The number of nitrogens with zero attached hydrogens (tertiary/aromatic N) is 2. The van der Waals surface area contributed by atoms with Crippen LogP contribution in [0.2, 0.25) is 5.02 Å². The number of hydrogen-bond acceptors (Lipinski definition) is 3. The summed E-state index contributed by atoms with van der Waals surface area (Å²) in [5, 5.41) is 1.42. The van der Waals surface area contributed by atoms with Gasteiger partial charge in [0.25, 0.3) is 0 Å². The van der Waals surface area contributed by atoms with Crippen molar-refractivity contribution in [1.29, 1.82) is 0 Å². The number of nitrogens with one attached hydrogen (secondary N) is 1. The van der Waals surface area contributed by atoms with Crippen LogP contribution in [0.25, 0.3) is 10.2 Å². The summed E-state index contributed by atoms with van der Waals surface area (Å²) >= 11 is 7.59. The molecular formula is C19H21ClN3OS+. The van der Waals surface area contributed by atoms with E-state index in [-0.39, 0.29) is 5.91 Å². The summed E-state index contributed by atoms with van der Waals surface area (Å²) in [6, 6.07) is 15.4.